The number of ether oxygens (including phenoxy) is 1. The number of nitrogens with zero attached hydrogens (tertiary/aromatic N) is 1. The second-order valence-electron chi connectivity index (χ2n) is 4.36. The van der Waals surface area contributed by atoms with Crippen molar-refractivity contribution in [3.63, 3.8) is 0 Å². The number of methoxy groups -OCH3 is 1. The summed E-state index contributed by atoms with van der Waals surface area (Å²) in [6, 6.07) is 4.61. The smallest absolute Gasteiger partial charge is 0.240 e. The summed E-state index contributed by atoms with van der Waals surface area (Å²) in [5.74, 6) is 0.576. The lowest BCUT2D eigenvalue weighted by molar-refractivity contribution is 0.409. The first-order chi connectivity index (χ1) is 9.96. The maximum absolute atomic E-state index is 12.3. The average Bonchev–Trinajstić information content (AvgIpc) is 2.90. The number of benzene rings is 1. The third-order valence-electron chi connectivity index (χ3n) is 2.89. The number of hydrogen-bond donors (Lipinski definition) is 2. The molecule has 0 unspecified atom stereocenters. The molecule has 114 valence electrons. The van der Waals surface area contributed by atoms with Crippen molar-refractivity contribution in [1.82, 2.24) is 9.71 Å². The highest BCUT2D eigenvalue weighted by Gasteiger charge is 2.16. The maximum atomic E-state index is 12.3. The molecule has 6 nitrogen and oxygen atoms in total. The monoisotopic (exact) mass is 327 g/mol. The van der Waals surface area contributed by atoms with Crippen LogP contribution in [0.1, 0.15) is 16.3 Å². The number of nitrogens with two attached hydrogens (primary N) is 1. The van der Waals surface area contributed by atoms with E-state index in [1.54, 1.807) is 6.07 Å². The second-order valence-corrected chi connectivity index (χ2v) is 7.19. The Morgan fingerprint density at radius 2 is 2.19 bits per heavy atom. The molecular weight excluding hydrogens is 310 g/mol. The molecule has 0 spiro atoms. The fourth-order valence-corrected chi connectivity index (χ4v) is 3.49. The number of aromatic nitrogens is 1. The van der Waals surface area contributed by atoms with Crippen LogP contribution in [-0.4, -0.2) is 20.5 Å². The van der Waals surface area contributed by atoms with Gasteiger partial charge in [0.25, 0.3) is 0 Å². The Kier molecular flexibility index (Phi) is 4.94. The normalized spacial score (nSPS) is 11.6. The van der Waals surface area contributed by atoms with Crippen LogP contribution in [0, 0.1) is 6.92 Å². The van der Waals surface area contributed by atoms with Gasteiger partial charge < -0.3 is 10.5 Å². The van der Waals surface area contributed by atoms with Gasteiger partial charge in [0.1, 0.15) is 5.75 Å². The van der Waals surface area contributed by atoms with E-state index in [1.165, 1.54) is 30.6 Å². The molecule has 3 N–H and O–H groups in total. The third-order valence-corrected chi connectivity index (χ3v) is 5.11. The van der Waals surface area contributed by atoms with Crippen LogP contribution in [0.15, 0.2) is 28.5 Å². The minimum Gasteiger partial charge on any atom is -0.496 e. The highest BCUT2D eigenvalue weighted by atomic mass is 32.2. The molecule has 0 fully saturated rings. The van der Waals surface area contributed by atoms with Crippen LogP contribution in [0.4, 0.5) is 0 Å². The van der Waals surface area contributed by atoms with Crippen LogP contribution in [0.3, 0.4) is 0 Å². The molecule has 2 rings (SSSR count). The van der Waals surface area contributed by atoms with E-state index in [-0.39, 0.29) is 18.0 Å². The lowest BCUT2D eigenvalue weighted by Crippen LogP contribution is -2.23. The van der Waals surface area contributed by atoms with E-state index in [2.05, 4.69) is 9.71 Å². The summed E-state index contributed by atoms with van der Waals surface area (Å²) in [5.41, 5.74) is 6.95. The number of sulfonamides is 1. The minimum absolute atomic E-state index is 0.163. The van der Waals surface area contributed by atoms with Crippen molar-refractivity contribution in [2.45, 2.75) is 24.9 Å². The molecule has 8 heteroatoms. The van der Waals surface area contributed by atoms with Gasteiger partial charge in [-0.3, -0.25) is 0 Å². The molecule has 21 heavy (non-hydrogen) atoms. The van der Waals surface area contributed by atoms with E-state index in [0.717, 1.165) is 5.01 Å². The summed E-state index contributed by atoms with van der Waals surface area (Å²) in [6.45, 7) is 2.24. The maximum Gasteiger partial charge on any atom is 0.240 e. The Labute approximate surface area is 128 Å². The summed E-state index contributed by atoms with van der Waals surface area (Å²) in [4.78, 5) is 4.38. The number of rotatable bonds is 6. The van der Waals surface area contributed by atoms with Crippen molar-refractivity contribution in [3.8, 4) is 5.75 Å². The van der Waals surface area contributed by atoms with Gasteiger partial charge in [-0.1, -0.05) is 0 Å². The van der Waals surface area contributed by atoms with Crippen LogP contribution in [-0.2, 0) is 23.1 Å². The molecule has 0 aliphatic rings. The zero-order valence-electron chi connectivity index (χ0n) is 11.8. The van der Waals surface area contributed by atoms with Crippen molar-refractivity contribution in [2.24, 2.45) is 5.73 Å². The first-order valence-corrected chi connectivity index (χ1v) is 8.60. The standard InChI is InChI=1S/C13H17N3O3S2/c1-9-16-11(8-20-9)7-15-21(17,18)12-3-4-13(19-2)10(5-12)6-14/h3-5,8,15H,6-7,14H2,1-2H3. The molecule has 1 heterocycles. The van der Waals surface area contributed by atoms with E-state index in [4.69, 9.17) is 10.5 Å². The van der Waals surface area contributed by atoms with E-state index in [9.17, 15) is 8.42 Å². The minimum atomic E-state index is -3.60. The van der Waals surface area contributed by atoms with E-state index in [1.807, 2.05) is 12.3 Å². The van der Waals surface area contributed by atoms with Crippen molar-refractivity contribution >= 4 is 21.4 Å². The van der Waals surface area contributed by atoms with Gasteiger partial charge in [-0.2, -0.15) is 0 Å². The summed E-state index contributed by atoms with van der Waals surface area (Å²) in [6.07, 6.45) is 0. The van der Waals surface area contributed by atoms with E-state index >= 15 is 0 Å². The number of nitrogens with one attached hydrogen (secondary N) is 1. The summed E-state index contributed by atoms with van der Waals surface area (Å²) in [5, 5.41) is 2.73. The molecule has 1 aromatic heterocycles. The van der Waals surface area contributed by atoms with Crippen LogP contribution in [0.2, 0.25) is 0 Å². The van der Waals surface area contributed by atoms with Gasteiger partial charge in [-0.25, -0.2) is 18.1 Å². The predicted octanol–water partition coefficient (Wildman–Crippen LogP) is 1.40. The van der Waals surface area contributed by atoms with Crippen LogP contribution < -0.4 is 15.2 Å². The Hall–Kier alpha value is -1.48. The first kappa shape index (κ1) is 15.9. The predicted molar refractivity (Wildman–Crippen MR) is 81.8 cm³/mol. The molecule has 0 aliphatic heterocycles. The summed E-state index contributed by atoms with van der Waals surface area (Å²) < 4.78 is 32.2. The van der Waals surface area contributed by atoms with Gasteiger partial charge in [-0.05, 0) is 25.1 Å². The summed E-state index contributed by atoms with van der Waals surface area (Å²) >= 11 is 1.48. The lowest BCUT2D eigenvalue weighted by atomic mass is 10.2. The fourth-order valence-electron chi connectivity index (χ4n) is 1.82. The third kappa shape index (κ3) is 3.79. The summed E-state index contributed by atoms with van der Waals surface area (Å²) in [7, 11) is -2.08. The van der Waals surface area contributed by atoms with E-state index < -0.39 is 10.0 Å². The van der Waals surface area contributed by atoms with Crippen molar-refractivity contribution in [1.29, 1.82) is 0 Å². The van der Waals surface area contributed by atoms with Gasteiger partial charge in [0, 0.05) is 17.5 Å². The topological polar surface area (TPSA) is 94.3 Å². The average molecular weight is 327 g/mol. The first-order valence-electron chi connectivity index (χ1n) is 6.24. The van der Waals surface area contributed by atoms with Gasteiger partial charge in [0.2, 0.25) is 10.0 Å². The zero-order chi connectivity index (χ0) is 15.5. The largest absolute Gasteiger partial charge is 0.496 e. The second kappa shape index (κ2) is 6.52. The molecule has 2 aromatic rings. The quantitative estimate of drug-likeness (QED) is 0.836. The fraction of sp³-hybridized carbons (Fsp3) is 0.308. The molecule has 0 amide bonds. The molecule has 0 bridgehead atoms. The SMILES string of the molecule is COc1ccc(S(=O)(=O)NCc2csc(C)n2)cc1CN. The molecule has 0 atom stereocenters. The Bertz CT molecular complexity index is 726. The van der Waals surface area contributed by atoms with Gasteiger partial charge >= 0.3 is 0 Å². The van der Waals surface area contributed by atoms with Crippen LogP contribution in [0.5, 0.6) is 5.75 Å². The Morgan fingerprint density at radius 1 is 1.43 bits per heavy atom. The van der Waals surface area contributed by atoms with E-state index in [0.29, 0.717) is 17.0 Å². The molecule has 0 aliphatic carbocycles. The molecule has 0 saturated carbocycles. The van der Waals surface area contributed by atoms with Gasteiger partial charge in [0.05, 0.1) is 29.3 Å². The number of aryl methyl sites for hydroxylation is 1. The van der Waals surface area contributed by atoms with Crippen molar-refractivity contribution < 1.29 is 13.2 Å². The number of hydrogen-bond acceptors (Lipinski definition) is 6. The van der Waals surface area contributed by atoms with Gasteiger partial charge in [0.15, 0.2) is 0 Å². The Balaban J connectivity index is 2.19. The number of thiazole rings is 1. The van der Waals surface area contributed by atoms with Crippen molar-refractivity contribution in [2.75, 3.05) is 7.11 Å². The van der Waals surface area contributed by atoms with Crippen molar-refractivity contribution in [3.05, 3.63) is 39.8 Å². The highest BCUT2D eigenvalue weighted by molar-refractivity contribution is 7.89. The molecule has 0 radical (unpaired) electrons. The molecule has 0 saturated heterocycles. The molecule has 1 aromatic carbocycles. The lowest BCUT2D eigenvalue weighted by Gasteiger charge is -2.10. The molecular formula is C13H17N3O3S2. The Morgan fingerprint density at radius 3 is 2.76 bits per heavy atom. The van der Waals surface area contributed by atoms with Crippen LogP contribution >= 0.6 is 11.3 Å². The van der Waals surface area contributed by atoms with Gasteiger partial charge in [-0.15, -0.1) is 11.3 Å². The highest BCUT2D eigenvalue weighted by Crippen LogP contribution is 2.22. The zero-order valence-corrected chi connectivity index (χ0v) is 13.4. The van der Waals surface area contributed by atoms with Crippen LogP contribution in [0.25, 0.3) is 0 Å².